The van der Waals surface area contributed by atoms with Crippen molar-refractivity contribution >= 4 is 51.1 Å². The van der Waals surface area contributed by atoms with E-state index < -0.39 is 17.9 Å². The van der Waals surface area contributed by atoms with Crippen LogP contribution in [0.15, 0.2) is 59.1 Å². The van der Waals surface area contributed by atoms with Crippen molar-refractivity contribution in [2.24, 2.45) is 0 Å². The zero-order valence-electron chi connectivity index (χ0n) is 16.5. The first-order valence-corrected chi connectivity index (χ1v) is 11.5. The molecule has 0 aliphatic carbocycles. The van der Waals surface area contributed by atoms with Crippen molar-refractivity contribution in [3.8, 4) is 5.75 Å². The highest BCUT2D eigenvalue weighted by molar-refractivity contribution is 9.10. The molecule has 160 valence electrons. The molecule has 0 aliphatic rings. The van der Waals surface area contributed by atoms with Crippen LogP contribution in [0.25, 0.3) is 0 Å². The first-order valence-electron chi connectivity index (χ1n) is 9.27. The number of carbonyl (C=O) groups is 3. The summed E-state index contributed by atoms with van der Waals surface area (Å²) in [6, 6.07) is 15.3. The number of carbonyl (C=O) groups excluding carboxylic acids is 3. The summed E-state index contributed by atoms with van der Waals surface area (Å²) in [6.07, 6.45) is 2.36. The molecule has 1 atom stereocenters. The maximum atomic E-state index is 12.5. The molecule has 9 heteroatoms. The molecule has 3 N–H and O–H groups in total. The molecule has 0 aliphatic heterocycles. The van der Waals surface area contributed by atoms with Crippen molar-refractivity contribution in [2.45, 2.75) is 12.5 Å². The number of hydrogen-bond acceptors (Lipinski definition) is 5. The van der Waals surface area contributed by atoms with Gasteiger partial charge in [0.05, 0.1) is 6.54 Å². The van der Waals surface area contributed by atoms with E-state index in [0.29, 0.717) is 23.6 Å². The Kier molecular flexibility index (Phi) is 10.2. The maximum absolute atomic E-state index is 12.5. The van der Waals surface area contributed by atoms with E-state index in [1.165, 1.54) is 0 Å². The van der Waals surface area contributed by atoms with Gasteiger partial charge in [-0.05, 0) is 54.8 Å². The fourth-order valence-corrected chi connectivity index (χ4v) is 3.17. The highest BCUT2D eigenvalue weighted by Gasteiger charge is 2.21. The van der Waals surface area contributed by atoms with Crippen LogP contribution in [0.3, 0.4) is 0 Å². The minimum absolute atomic E-state index is 0.193. The van der Waals surface area contributed by atoms with E-state index in [9.17, 15) is 14.4 Å². The third-order valence-electron chi connectivity index (χ3n) is 3.93. The standard InChI is InChI=1S/C21H24BrN3O4S/c1-30-12-11-18(25-20(27)14-29-17-5-3-2-4-6-17)21(28)23-13-19(26)24-16-9-7-15(22)8-10-16/h2-10,18H,11-14H2,1H3,(H,23,28)(H,24,26)(H,25,27). The zero-order valence-corrected chi connectivity index (χ0v) is 18.9. The SMILES string of the molecule is CSCCC(NC(=O)COc1ccccc1)C(=O)NCC(=O)Nc1ccc(Br)cc1. The quantitative estimate of drug-likeness (QED) is 0.447. The summed E-state index contributed by atoms with van der Waals surface area (Å²) in [4.78, 5) is 36.8. The number of anilines is 1. The van der Waals surface area contributed by atoms with E-state index in [1.54, 1.807) is 60.3 Å². The molecular formula is C21H24BrN3O4S. The molecule has 2 aromatic rings. The number of amides is 3. The first kappa shape index (κ1) is 23.8. The van der Waals surface area contributed by atoms with Gasteiger partial charge in [-0.3, -0.25) is 14.4 Å². The van der Waals surface area contributed by atoms with Crippen LogP contribution in [0.5, 0.6) is 5.75 Å². The van der Waals surface area contributed by atoms with E-state index in [1.807, 2.05) is 12.3 Å². The van der Waals surface area contributed by atoms with E-state index in [4.69, 9.17) is 4.74 Å². The lowest BCUT2D eigenvalue weighted by Crippen LogP contribution is -2.49. The van der Waals surface area contributed by atoms with Crippen LogP contribution in [0, 0.1) is 0 Å². The molecule has 0 bridgehead atoms. The average Bonchev–Trinajstić information content (AvgIpc) is 2.76. The van der Waals surface area contributed by atoms with Crippen LogP contribution in [0.2, 0.25) is 0 Å². The van der Waals surface area contributed by atoms with Crippen LogP contribution in [0.1, 0.15) is 6.42 Å². The summed E-state index contributed by atoms with van der Waals surface area (Å²) >= 11 is 4.89. The van der Waals surface area contributed by atoms with Gasteiger partial charge in [0, 0.05) is 10.2 Å². The molecule has 2 aromatic carbocycles. The summed E-state index contributed by atoms with van der Waals surface area (Å²) in [7, 11) is 0. The van der Waals surface area contributed by atoms with Gasteiger partial charge >= 0.3 is 0 Å². The molecule has 0 heterocycles. The van der Waals surface area contributed by atoms with Crippen molar-refractivity contribution in [1.29, 1.82) is 0 Å². The topological polar surface area (TPSA) is 96.5 Å². The molecule has 1 unspecified atom stereocenters. The molecule has 0 radical (unpaired) electrons. The lowest BCUT2D eigenvalue weighted by atomic mass is 10.2. The zero-order chi connectivity index (χ0) is 21.8. The lowest BCUT2D eigenvalue weighted by molar-refractivity contribution is -0.130. The van der Waals surface area contributed by atoms with Crippen LogP contribution in [-0.2, 0) is 14.4 Å². The van der Waals surface area contributed by atoms with Crippen molar-refractivity contribution in [3.05, 3.63) is 59.1 Å². The Labute approximate surface area is 188 Å². The Hall–Kier alpha value is -2.52. The minimum Gasteiger partial charge on any atom is -0.484 e. The van der Waals surface area contributed by atoms with Gasteiger partial charge in [-0.2, -0.15) is 11.8 Å². The fraction of sp³-hybridized carbons (Fsp3) is 0.286. The van der Waals surface area contributed by atoms with Gasteiger partial charge in [-0.1, -0.05) is 34.1 Å². The highest BCUT2D eigenvalue weighted by Crippen LogP contribution is 2.13. The number of para-hydroxylation sites is 1. The molecule has 0 spiro atoms. The number of rotatable bonds is 11. The predicted octanol–water partition coefficient (Wildman–Crippen LogP) is 2.82. The van der Waals surface area contributed by atoms with Crippen molar-refractivity contribution in [3.63, 3.8) is 0 Å². The first-order chi connectivity index (χ1) is 14.5. The van der Waals surface area contributed by atoms with Crippen LogP contribution in [-0.4, -0.2) is 48.9 Å². The fourth-order valence-electron chi connectivity index (χ4n) is 2.44. The number of ether oxygens (including phenoxy) is 1. The van der Waals surface area contributed by atoms with Gasteiger partial charge in [0.15, 0.2) is 6.61 Å². The van der Waals surface area contributed by atoms with E-state index in [-0.39, 0.29) is 19.1 Å². The molecule has 30 heavy (non-hydrogen) atoms. The van der Waals surface area contributed by atoms with E-state index in [2.05, 4.69) is 31.9 Å². The normalized spacial score (nSPS) is 11.3. The summed E-state index contributed by atoms with van der Waals surface area (Å²) < 4.78 is 6.31. The Bertz CT molecular complexity index is 834. The molecule has 0 fully saturated rings. The van der Waals surface area contributed by atoms with Gasteiger partial charge in [0.25, 0.3) is 5.91 Å². The van der Waals surface area contributed by atoms with E-state index in [0.717, 1.165) is 4.47 Å². The predicted molar refractivity (Wildman–Crippen MR) is 123 cm³/mol. The number of thioether (sulfide) groups is 1. The molecule has 7 nitrogen and oxygen atoms in total. The van der Waals surface area contributed by atoms with Gasteiger partial charge in [-0.15, -0.1) is 0 Å². The van der Waals surface area contributed by atoms with Crippen molar-refractivity contribution < 1.29 is 19.1 Å². The third kappa shape index (κ3) is 8.87. The van der Waals surface area contributed by atoms with E-state index >= 15 is 0 Å². The Morgan fingerprint density at radius 1 is 1.03 bits per heavy atom. The Balaban J connectivity index is 1.81. The minimum atomic E-state index is -0.746. The molecule has 3 amide bonds. The molecular weight excluding hydrogens is 470 g/mol. The number of hydrogen-bond donors (Lipinski definition) is 3. The highest BCUT2D eigenvalue weighted by atomic mass is 79.9. The average molecular weight is 494 g/mol. The lowest BCUT2D eigenvalue weighted by Gasteiger charge is -2.18. The molecule has 2 rings (SSSR count). The summed E-state index contributed by atoms with van der Waals surface area (Å²) in [5.74, 6) is 0.0844. The largest absolute Gasteiger partial charge is 0.484 e. The van der Waals surface area contributed by atoms with Gasteiger partial charge in [-0.25, -0.2) is 0 Å². The molecule has 0 saturated heterocycles. The van der Waals surface area contributed by atoms with Crippen LogP contribution >= 0.6 is 27.7 Å². The second-order valence-corrected chi connectivity index (χ2v) is 8.18. The van der Waals surface area contributed by atoms with Crippen LogP contribution in [0.4, 0.5) is 5.69 Å². The molecule has 0 saturated carbocycles. The smallest absolute Gasteiger partial charge is 0.258 e. The number of benzene rings is 2. The summed E-state index contributed by atoms with van der Waals surface area (Å²) in [5.41, 5.74) is 0.628. The second kappa shape index (κ2) is 12.9. The van der Waals surface area contributed by atoms with Gasteiger partial charge in [0.1, 0.15) is 11.8 Å². The summed E-state index contributed by atoms with van der Waals surface area (Å²) in [6.45, 7) is -0.391. The molecule has 0 aromatic heterocycles. The summed E-state index contributed by atoms with van der Waals surface area (Å²) in [5, 5.41) is 7.95. The van der Waals surface area contributed by atoms with Crippen LogP contribution < -0.4 is 20.7 Å². The Morgan fingerprint density at radius 2 is 1.73 bits per heavy atom. The second-order valence-electron chi connectivity index (χ2n) is 6.28. The monoisotopic (exact) mass is 493 g/mol. The number of halogens is 1. The number of nitrogens with one attached hydrogen (secondary N) is 3. The third-order valence-corrected chi connectivity index (χ3v) is 5.10. The van der Waals surface area contributed by atoms with Gasteiger partial charge in [0.2, 0.25) is 11.8 Å². The Morgan fingerprint density at radius 3 is 2.40 bits per heavy atom. The van der Waals surface area contributed by atoms with Crippen molar-refractivity contribution in [1.82, 2.24) is 10.6 Å². The van der Waals surface area contributed by atoms with Gasteiger partial charge < -0.3 is 20.7 Å². The maximum Gasteiger partial charge on any atom is 0.258 e. The van der Waals surface area contributed by atoms with Crippen molar-refractivity contribution in [2.75, 3.05) is 30.5 Å².